The standard InChI is InChI=1S/C23H30N4O4/c1-25(2)22(17-8-7-9-19(14-17)31-3)16-24-23(28)18-10-11-20(21(15-18)27(29)30)26-12-5-4-6-13-26/h7-11,14-15,22H,4-6,12-13,16H2,1-3H3,(H,24,28)/t22-/m0/s1. The Hall–Kier alpha value is -3.13. The van der Waals surface area contributed by atoms with Crippen LogP contribution < -0.4 is 15.0 Å². The number of amides is 1. The molecular formula is C23H30N4O4. The van der Waals surface area contributed by atoms with Gasteiger partial charge in [-0.15, -0.1) is 0 Å². The van der Waals surface area contributed by atoms with E-state index in [1.165, 1.54) is 6.07 Å². The lowest BCUT2D eigenvalue weighted by Gasteiger charge is -2.28. The molecule has 1 amide bonds. The summed E-state index contributed by atoms with van der Waals surface area (Å²) in [5, 5.41) is 14.6. The molecule has 2 aromatic carbocycles. The van der Waals surface area contributed by atoms with Crippen molar-refractivity contribution in [1.29, 1.82) is 0 Å². The van der Waals surface area contributed by atoms with Crippen LogP contribution in [0.2, 0.25) is 0 Å². The number of nitrogens with zero attached hydrogens (tertiary/aromatic N) is 3. The second-order valence-electron chi connectivity index (χ2n) is 7.97. The monoisotopic (exact) mass is 426 g/mol. The van der Waals surface area contributed by atoms with Gasteiger partial charge in [0.25, 0.3) is 11.6 Å². The summed E-state index contributed by atoms with van der Waals surface area (Å²) in [4.78, 5) is 28.1. The molecule has 0 aliphatic carbocycles. The van der Waals surface area contributed by atoms with Crippen LogP contribution in [0.1, 0.15) is 41.2 Å². The Kier molecular flexibility index (Phi) is 7.46. The first-order valence-electron chi connectivity index (χ1n) is 10.5. The van der Waals surface area contributed by atoms with Crippen LogP contribution in [0.5, 0.6) is 5.75 Å². The molecule has 1 aliphatic heterocycles. The highest BCUT2D eigenvalue weighted by atomic mass is 16.6. The molecule has 0 aromatic heterocycles. The number of piperidine rings is 1. The zero-order valence-electron chi connectivity index (χ0n) is 18.3. The second kappa shape index (κ2) is 10.3. The van der Waals surface area contributed by atoms with E-state index < -0.39 is 4.92 Å². The molecule has 2 aromatic rings. The van der Waals surface area contributed by atoms with Crippen molar-refractivity contribution >= 4 is 17.3 Å². The van der Waals surface area contributed by atoms with E-state index in [1.54, 1.807) is 19.2 Å². The second-order valence-corrected chi connectivity index (χ2v) is 7.97. The molecule has 3 rings (SSSR count). The number of nitro groups is 1. The summed E-state index contributed by atoms with van der Waals surface area (Å²) in [6.45, 7) is 1.97. The lowest BCUT2D eigenvalue weighted by Crippen LogP contribution is -2.34. The van der Waals surface area contributed by atoms with Gasteiger partial charge in [0.05, 0.1) is 18.1 Å². The molecule has 0 unspecified atom stereocenters. The van der Waals surface area contributed by atoms with Crippen LogP contribution >= 0.6 is 0 Å². The van der Waals surface area contributed by atoms with Crippen molar-refractivity contribution in [1.82, 2.24) is 10.2 Å². The molecule has 1 atom stereocenters. The number of carbonyl (C=O) groups excluding carboxylic acids is 1. The van der Waals surface area contributed by atoms with E-state index in [4.69, 9.17) is 4.74 Å². The van der Waals surface area contributed by atoms with Crippen LogP contribution in [0.4, 0.5) is 11.4 Å². The minimum atomic E-state index is -0.403. The largest absolute Gasteiger partial charge is 0.497 e. The molecule has 1 heterocycles. The molecule has 1 aliphatic rings. The number of carbonyl (C=O) groups is 1. The SMILES string of the molecule is COc1cccc([C@H](CNC(=O)c2ccc(N3CCCCC3)c([N+](=O)[O-])c2)N(C)C)c1. The lowest BCUT2D eigenvalue weighted by atomic mass is 10.0. The predicted molar refractivity (Wildman–Crippen MR) is 121 cm³/mol. The van der Waals surface area contributed by atoms with Crippen LogP contribution in [0.15, 0.2) is 42.5 Å². The van der Waals surface area contributed by atoms with Gasteiger partial charge in [-0.3, -0.25) is 14.9 Å². The number of methoxy groups -OCH3 is 1. The summed E-state index contributed by atoms with van der Waals surface area (Å²) in [7, 11) is 5.50. The maximum Gasteiger partial charge on any atom is 0.293 e. The van der Waals surface area contributed by atoms with Crippen LogP contribution in [-0.4, -0.2) is 56.6 Å². The number of rotatable bonds is 8. The van der Waals surface area contributed by atoms with Gasteiger partial charge in [0, 0.05) is 31.3 Å². The van der Waals surface area contributed by atoms with Crippen molar-refractivity contribution in [2.24, 2.45) is 0 Å². The molecule has 0 radical (unpaired) electrons. The predicted octanol–water partition coefficient (Wildman–Crippen LogP) is 3.63. The van der Waals surface area contributed by atoms with E-state index in [9.17, 15) is 14.9 Å². The van der Waals surface area contributed by atoms with Crippen molar-refractivity contribution in [3.05, 3.63) is 63.7 Å². The molecule has 0 bridgehead atoms. The third kappa shape index (κ3) is 5.52. The molecule has 8 heteroatoms. The molecule has 0 spiro atoms. The Morgan fingerprint density at radius 3 is 2.58 bits per heavy atom. The van der Waals surface area contributed by atoms with Gasteiger partial charge in [0.15, 0.2) is 0 Å². The van der Waals surface area contributed by atoms with E-state index in [0.29, 0.717) is 12.2 Å². The van der Waals surface area contributed by atoms with Gasteiger partial charge in [0.1, 0.15) is 11.4 Å². The third-order valence-electron chi connectivity index (χ3n) is 5.69. The highest BCUT2D eigenvalue weighted by molar-refractivity contribution is 5.95. The molecule has 1 N–H and O–H groups in total. The topological polar surface area (TPSA) is 87.9 Å². The number of anilines is 1. The van der Waals surface area contributed by atoms with Crippen LogP contribution in [0, 0.1) is 10.1 Å². The van der Waals surface area contributed by atoms with Gasteiger partial charge in [0.2, 0.25) is 0 Å². The van der Waals surface area contributed by atoms with Gasteiger partial charge < -0.3 is 19.9 Å². The van der Waals surface area contributed by atoms with Crippen molar-refractivity contribution < 1.29 is 14.5 Å². The lowest BCUT2D eigenvalue weighted by molar-refractivity contribution is -0.384. The first-order valence-corrected chi connectivity index (χ1v) is 10.5. The summed E-state index contributed by atoms with van der Waals surface area (Å²) in [6.07, 6.45) is 3.19. The summed E-state index contributed by atoms with van der Waals surface area (Å²) in [5.41, 5.74) is 1.86. The van der Waals surface area contributed by atoms with Gasteiger partial charge >= 0.3 is 0 Å². The van der Waals surface area contributed by atoms with Crippen molar-refractivity contribution in [2.75, 3.05) is 45.7 Å². The Morgan fingerprint density at radius 2 is 1.94 bits per heavy atom. The number of benzene rings is 2. The highest BCUT2D eigenvalue weighted by Crippen LogP contribution is 2.31. The fourth-order valence-electron chi connectivity index (χ4n) is 3.95. The number of nitro benzene ring substituents is 1. The Balaban J connectivity index is 1.75. The number of likely N-dealkylation sites (N-methyl/N-ethyl adjacent to an activating group) is 1. The van der Waals surface area contributed by atoms with Crippen molar-refractivity contribution in [3.63, 3.8) is 0 Å². The normalized spacial score (nSPS) is 14.9. The van der Waals surface area contributed by atoms with Gasteiger partial charge in [-0.2, -0.15) is 0 Å². The molecule has 166 valence electrons. The van der Waals surface area contributed by atoms with E-state index >= 15 is 0 Å². The first-order chi connectivity index (χ1) is 14.9. The van der Waals surface area contributed by atoms with Crippen LogP contribution in [0.25, 0.3) is 0 Å². The average Bonchev–Trinajstić information content (AvgIpc) is 2.79. The number of hydrogen-bond donors (Lipinski definition) is 1. The number of nitrogens with one attached hydrogen (secondary N) is 1. The molecule has 0 saturated carbocycles. The van der Waals surface area contributed by atoms with Crippen molar-refractivity contribution in [3.8, 4) is 5.75 Å². The minimum absolute atomic E-state index is 0.0218. The maximum atomic E-state index is 12.8. The van der Waals surface area contributed by atoms with Gasteiger partial charge in [-0.05, 0) is 63.2 Å². The van der Waals surface area contributed by atoms with E-state index in [-0.39, 0.29) is 23.2 Å². The molecule has 1 saturated heterocycles. The number of hydrogen-bond acceptors (Lipinski definition) is 6. The summed E-state index contributed by atoms with van der Waals surface area (Å²) >= 11 is 0. The summed E-state index contributed by atoms with van der Waals surface area (Å²) in [5.74, 6) is 0.419. The van der Waals surface area contributed by atoms with Crippen LogP contribution in [0.3, 0.4) is 0 Å². The average molecular weight is 427 g/mol. The maximum absolute atomic E-state index is 12.8. The molecule has 1 fully saturated rings. The zero-order valence-corrected chi connectivity index (χ0v) is 18.3. The van der Waals surface area contributed by atoms with Gasteiger partial charge in [-0.1, -0.05) is 12.1 Å². The molecule has 8 nitrogen and oxygen atoms in total. The summed E-state index contributed by atoms with van der Waals surface area (Å²) < 4.78 is 5.30. The van der Waals surface area contributed by atoms with E-state index in [0.717, 1.165) is 43.7 Å². The fourth-order valence-corrected chi connectivity index (χ4v) is 3.95. The van der Waals surface area contributed by atoms with E-state index in [1.807, 2.05) is 48.2 Å². The third-order valence-corrected chi connectivity index (χ3v) is 5.69. The quantitative estimate of drug-likeness (QED) is 0.512. The van der Waals surface area contributed by atoms with Gasteiger partial charge in [-0.25, -0.2) is 0 Å². The van der Waals surface area contributed by atoms with Crippen molar-refractivity contribution in [2.45, 2.75) is 25.3 Å². The summed E-state index contributed by atoms with van der Waals surface area (Å²) in [6, 6.07) is 12.4. The smallest absolute Gasteiger partial charge is 0.293 e. The fraction of sp³-hybridized carbons (Fsp3) is 0.435. The zero-order chi connectivity index (χ0) is 22.4. The molecule has 31 heavy (non-hydrogen) atoms. The Morgan fingerprint density at radius 1 is 1.19 bits per heavy atom. The molecular weight excluding hydrogens is 396 g/mol. The Bertz CT molecular complexity index is 926. The minimum Gasteiger partial charge on any atom is -0.497 e. The number of ether oxygens (including phenoxy) is 1. The first kappa shape index (κ1) is 22.6. The van der Waals surface area contributed by atoms with E-state index in [2.05, 4.69) is 5.32 Å². The highest BCUT2D eigenvalue weighted by Gasteiger charge is 2.24. The Labute approximate surface area is 182 Å². The van der Waals surface area contributed by atoms with Crippen LogP contribution in [-0.2, 0) is 0 Å².